The van der Waals surface area contributed by atoms with Gasteiger partial charge >= 0.3 is 0 Å². The molecule has 0 aromatic rings. The lowest BCUT2D eigenvalue weighted by Gasteiger charge is -2.27. The van der Waals surface area contributed by atoms with Crippen molar-refractivity contribution in [2.24, 2.45) is 0 Å². The smallest absolute Gasteiger partial charge is 0.267 e. The first-order valence-electron chi connectivity index (χ1n) is 5.49. The first-order chi connectivity index (χ1) is 7.68. The van der Waals surface area contributed by atoms with Crippen molar-refractivity contribution in [3.63, 3.8) is 0 Å². The first kappa shape index (κ1) is 11.7. The standard InChI is InChI=1S/C10H16N2O3S/c1-7(13)12-6-16-5-9(12)10(14)11-15-8-3-2-4-8/h8-9H,2-6H2,1H3,(H,11,14)/t9-/m1/s1. The highest BCUT2D eigenvalue weighted by Crippen LogP contribution is 2.23. The van der Waals surface area contributed by atoms with Crippen molar-refractivity contribution in [2.75, 3.05) is 11.6 Å². The Morgan fingerprint density at radius 3 is 2.75 bits per heavy atom. The summed E-state index contributed by atoms with van der Waals surface area (Å²) in [5.41, 5.74) is 2.47. The summed E-state index contributed by atoms with van der Waals surface area (Å²) < 4.78 is 0. The fraction of sp³-hybridized carbons (Fsp3) is 0.800. The van der Waals surface area contributed by atoms with E-state index in [2.05, 4.69) is 5.48 Å². The molecule has 16 heavy (non-hydrogen) atoms. The average molecular weight is 244 g/mol. The molecule has 0 unspecified atom stereocenters. The van der Waals surface area contributed by atoms with Crippen LogP contribution < -0.4 is 5.48 Å². The molecule has 1 atom stereocenters. The number of nitrogens with one attached hydrogen (secondary N) is 1. The minimum absolute atomic E-state index is 0.0613. The molecule has 1 saturated heterocycles. The van der Waals surface area contributed by atoms with Crippen LogP contribution in [0.3, 0.4) is 0 Å². The lowest BCUT2D eigenvalue weighted by Crippen LogP contribution is -2.47. The molecule has 2 fully saturated rings. The van der Waals surface area contributed by atoms with Crippen molar-refractivity contribution < 1.29 is 14.4 Å². The van der Waals surface area contributed by atoms with Crippen molar-refractivity contribution in [2.45, 2.75) is 38.3 Å². The van der Waals surface area contributed by atoms with Crippen LogP contribution in [0.15, 0.2) is 0 Å². The van der Waals surface area contributed by atoms with Gasteiger partial charge in [0.1, 0.15) is 6.04 Å². The Kier molecular flexibility index (Phi) is 3.70. The number of carbonyl (C=O) groups is 2. The summed E-state index contributed by atoms with van der Waals surface area (Å²) >= 11 is 1.59. The summed E-state index contributed by atoms with van der Waals surface area (Å²) in [6.45, 7) is 1.49. The molecule has 2 aliphatic rings. The Morgan fingerprint density at radius 2 is 2.19 bits per heavy atom. The van der Waals surface area contributed by atoms with Gasteiger partial charge in [-0.15, -0.1) is 11.8 Å². The molecule has 1 aliphatic carbocycles. The van der Waals surface area contributed by atoms with Crippen LogP contribution in [0.25, 0.3) is 0 Å². The summed E-state index contributed by atoms with van der Waals surface area (Å²) in [5, 5.41) is 0. The molecule has 0 radical (unpaired) electrons. The predicted molar refractivity (Wildman–Crippen MR) is 60.5 cm³/mol. The van der Waals surface area contributed by atoms with E-state index in [1.807, 2.05) is 0 Å². The molecule has 5 nitrogen and oxygen atoms in total. The number of thioether (sulfide) groups is 1. The van der Waals surface area contributed by atoms with E-state index in [0.29, 0.717) is 11.6 Å². The van der Waals surface area contributed by atoms with E-state index >= 15 is 0 Å². The van der Waals surface area contributed by atoms with Gasteiger partial charge in [0.25, 0.3) is 5.91 Å². The molecule has 90 valence electrons. The highest BCUT2D eigenvalue weighted by molar-refractivity contribution is 7.99. The van der Waals surface area contributed by atoms with Crippen molar-refractivity contribution in [1.29, 1.82) is 0 Å². The lowest BCUT2D eigenvalue weighted by atomic mass is 9.97. The molecular weight excluding hydrogens is 228 g/mol. The molecule has 1 saturated carbocycles. The van der Waals surface area contributed by atoms with Gasteiger partial charge in [0.2, 0.25) is 5.91 Å². The van der Waals surface area contributed by atoms with Crippen LogP contribution in [0.5, 0.6) is 0 Å². The zero-order valence-corrected chi connectivity index (χ0v) is 10.1. The molecule has 6 heteroatoms. The van der Waals surface area contributed by atoms with Gasteiger partial charge in [-0.2, -0.15) is 0 Å². The molecule has 0 bridgehead atoms. The number of rotatable bonds is 3. The Morgan fingerprint density at radius 1 is 1.44 bits per heavy atom. The summed E-state index contributed by atoms with van der Waals surface area (Å²) in [6, 6.07) is -0.373. The van der Waals surface area contributed by atoms with E-state index in [9.17, 15) is 9.59 Å². The van der Waals surface area contributed by atoms with Crippen LogP contribution in [0.2, 0.25) is 0 Å². The van der Waals surface area contributed by atoms with Crippen LogP contribution in [-0.4, -0.2) is 40.5 Å². The number of nitrogens with zero attached hydrogens (tertiary/aromatic N) is 1. The van der Waals surface area contributed by atoms with Crippen LogP contribution in [0.1, 0.15) is 26.2 Å². The molecule has 2 rings (SSSR count). The molecule has 1 heterocycles. The monoisotopic (exact) mass is 244 g/mol. The maximum atomic E-state index is 11.8. The van der Waals surface area contributed by atoms with Crippen LogP contribution in [-0.2, 0) is 14.4 Å². The van der Waals surface area contributed by atoms with Crippen molar-refractivity contribution in [3.8, 4) is 0 Å². The molecule has 0 aromatic heterocycles. The van der Waals surface area contributed by atoms with Gasteiger partial charge in [0.05, 0.1) is 12.0 Å². The molecule has 1 aliphatic heterocycles. The van der Waals surface area contributed by atoms with Crippen LogP contribution >= 0.6 is 11.8 Å². The van der Waals surface area contributed by atoms with E-state index in [1.54, 1.807) is 16.7 Å². The van der Waals surface area contributed by atoms with Gasteiger partial charge in [0, 0.05) is 12.7 Å². The Balaban J connectivity index is 1.80. The van der Waals surface area contributed by atoms with Crippen molar-refractivity contribution >= 4 is 23.6 Å². The maximum absolute atomic E-state index is 11.8. The molecule has 0 aromatic carbocycles. The topological polar surface area (TPSA) is 58.6 Å². The third-order valence-corrected chi connectivity index (χ3v) is 3.98. The highest BCUT2D eigenvalue weighted by Gasteiger charge is 2.33. The summed E-state index contributed by atoms with van der Waals surface area (Å²) in [7, 11) is 0. The number of amides is 2. The lowest BCUT2D eigenvalue weighted by molar-refractivity contribution is -0.150. The predicted octanol–water partition coefficient (Wildman–Crippen LogP) is 0.508. The Hall–Kier alpha value is -0.750. The second kappa shape index (κ2) is 5.05. The maximum Gasteiger partial charge on any atom is 0.267 e. The van der Waals surface area contributed by atoms with Crippen molar-refractivity contribution in [1.82, 2.24) is 10.4 Å². The van der Waals surface area contributed by atoms with E-state index in [-0.39, 0.29) is 24.0 Å². The van der Waals surface area contributed by atoms with Gasteiger partial charge in [0.15, 0.2) is 0 Å². The first-order valence-corrected chi connectivity index (χ1v) is 6.64. The van der Waals surface area contributed by atoms with Crippen molar-refractivity contribution in [3.05, 3.63) is 0 Å². The van der Waals surface area contributed by atoms with Gasteiger partial charge in [-0.05, 0) is 19.3 Å². The third kappa shape index (κ3) is 2.49. The largest absolute Gasteiger partial charge is 0.321 e. The third-order valence-electron chi connectivity index (χ3n) is 2.97. The van der Waals surface area contributed by atoms with E-state index in [0.717, 1.165) is 12.8 Å². The second-order valence-electron chi connectivity index (χ2n) is 4.14. The highest BCUT2D eigenvalue weighted by atomic mass is 32.2. The minimum atomic E-state index is -0.373. The molecular formula is C10H16N2O3S. The molecule has 0 spiro atoms. The van der Waals surface area contributed by atoms with Gasteiger partial charge in [-0.3, -0.25) is 14.4 Å². The van der Waals surface area contributed by atoms with Crippen LogP contribution in [0, 0.1) is 0 Å². The number of hydroxylamine groups is 1. The van der Waals surface area contributed by atoms with Gasteiger partial charge < -0.3 is 4.90 Å². The minimum Gasteiger partial charge on any atom is -0.321 e. The van der Waals surface area contributed by atoms with Gasteiger partial charge in [-0.25, -0.2) is 5.48 Å². The SMILES string of the molecule is CC(=O)N1CSC[C@@H]1C(=O)NOC1CCC1. The summed E-state index contributed by atoms with van der Waals surface area (Å²) in [6.07, 6.45) is 3.36. The average Bonchev–Trinajstić information content (AvgIpc) is 2.63. The van der Waals surface area contributed by atoms with E-state index in [4.69, 9.17) is 4.84 Å². The summed E-state index contributed by atoms with van der Waals surface area (Å²) in [5.74, 6) is 0.983. The number of hydrogen-bond acceptors (Lipinski definition) is 4. The number of hydrogen-bond donors (Lipinski definition) is 1. The number of carbonyl (C=O) groups excluding carboxylic acids is 2. The normalized spacial score (nSPS) is 25.3. The quantitative estimate of drug-likeness (QED) is 0.735. The fourth-order valence-electron chi connectivity index (χ4n) is 1.67. The summed E-state index contributed by atoms with van der Waals surface area (Å²) in [4.78, 5) is 29.8. The van der Waals surface area contributed by atoms with E-state index < -0.39 is 0 Å². The zero-order chi connectivity index (χ0) is 11.5. The van der Waals surface area contributed by atoms with Crippen LogP contribution in [0.4, 0.5) is 0 Å². The zero-order valence-electron chi connectivity index (χ0n) is 9.27. The fourth-order valence-corrected chi connectivity index (χ4v) is 2.89. The van der Waals surface area contributed by atoms with E-state index in [1.165, 1.54) is 13.3 Å². The molecule has 2 amide bonds. The molecule has 1 N–H and O–H groups in total. The Labute approximate surface area is 98.8 Å². The second-order valence-corrected chi connectivity index (χ2v) is 5.14. The van der Waals surface area contributed by atoms with Gasteiger partial charge in [-0.1, -0.05) is 0 Å². The Bertz CT molecular complexity index is 294.